The molecule has 0 aliphatic carbocycles. The van der Waals surface area contributed by atoms with Crippen molar-refractivity contribution in [3.05, 3.63) is 49.2 Å². The molecule has 1 aromatic rings. The van der Waals surface area contributed by atoms with E-state index in [4.69, 9.17) is 24.8 Å². The number of hydrogen-bond acceptors (Lipinski definition) is 8. The van der Waals surface area contributed by atoms with Gasteiger partial charge in [0.25, 0.3) is 5.91 Å². The number of nitrogens with two attached hydrogens (primary N) is 1. The number of nitrogens with zero attached hydrogens (tertiary/aromatic N) is 1. The summed E-state index contributed by atoms with van der Waals surface area (Å²) >= 11 is 10.2. The first-order valence-corrected chi connectivity index (χ1v) is 12.5. The second-order valence-electron chi connectivity index (χ2n) is 7.24. The normalized spacial score (nSPS) is 22.2. The number of carbonyl (C=O) groups excluding carboxylic acids is 1. The fraction of sp³-hybridized carbons (Fsp3) is 0.429. The summed E-state index contributed by atoms with van der Waals surface area (Å²) in [6.07, 6.45) is 1.36. The van der Waals surface area contributed by atoms with Gasteiger partial charge in [0.1, 0.15) is 17.8 Å². The van der Waals surface area contributed by atoms with Gasteiger partial charge in [-0.25, -0.2) is 0 Å². The summed E-state index contributed by atoms with van der Waals surface area (Å²) in [5, 5.41) is 17.3. The number of benzene rings is 1. The van der Waals surface area contributed by atoms with Crippen LogP contribution in [-0.2, 0) is 25.5 Å². The summed E-state index contributed by atoms with van der Waals surface area (Å²) < 4.78 is 18.6. The Morgan fingerprint density at radius 1 is 1.39 bits per heavy atom. The van der Waals surface area contributed by atoms with Gasteiger partial charge in [0, 0.05) is 11.0 Å². The van der Waals surface area contributed by atoms with Crippen molar-refractivity contribution in [1.29, 1.82) is 0 Å². The Morgan fingerprint density at radius 2 is 2.18 bits per heavy atom. The molecule has 0 radical (unpaired) electrons. The van der Waals surface area contributed by atoms with Crippen molar-refractivity contribution in [3.63, 3.8) is 0 Å². The van der Waals surface area contributed by atoms with Crippen LogP contribution < -0.4 is 15.8 Å². The largest absolute Gasteiger partial charge is 0.495 e. The van der Waals surface area contributed by atoms with Crippen molar-refractivity contribution in [3.8, 4) is 5.75 Å². The van der Waals surface area contributed by atoms with Crippen LogP contribution in [0.15, 0.2) is 48.8 Å². The lowest BCUT2D eigenvalue weighted by atomic mass is 10.0. The first-order chi connectivity index (χ1) is 15.8. The van der Waals surface area contributed by atoms with E-state index in [9.17, 15) is 9.90 Å². The predicted octanol–water partition coefficient (Wildman–Crippen LogP) is 3.19. The Labute approximate surface area is 216 Å². The molecule has 0 aromatic heterocycles. The molecule has 0 saturated heterocycles. The lowest BCUT2D eigenvalue weighted by Gasteiger charge is -2.27. The molecule has 1 aromatic carbocycles. The fourth-order valence-corrected chi connectivity index (χ4v) is 5.29. The maximum Gasteiger partial charge on any atom is 0.311 e. The molecule has 180 valence electrons. The first kappa shape index (κ1) is 26.0. The molecule has 2 heterocycles. The Bertz CT molecular complexity index is 984. The summed E-state index contributed by atoms with van der Waals surface area (Å²) in [5.74, 6) is -0.918. The van der Waals surface area contributed by atoms with Gasteiger partial charge in [-0.1, -0.05) is 27.2 Å². The molecule has 12 heteroatoms. The third kappa shape index (κ3) is 6.10. The van der Waals surface area contributed by atoms with Crippen LogP contribution in [0, 0.1) is 0 Å². The third-order valence-electron chi connectivity index (χ3n) is 4.93. The Balaban J connectivity index is 1.48. The summed E-state index contributed by atoms with van der Waals surface area (Å²) in [4.78, 5) is 17.9. The number of amides is 1. The zero-order chi connectivity index (χ0) is 24.0. The van der Waals surface area contributed by atoms with Gasteiger partial charge >= 0.3 is 5.79 Å². The molecular formula is C21H24Br3N3O6. The van der Waals surface area contributed by atoms with Crippen LogP contribution >= 0.6 is 47.8 Å². The number of nitrogens with one attached hydrogen (secondary N) is 1. The van der Waals surface area contributed by atoms with Gasteiger partial charge in [-0.05, 0) is 68.9 Å². The van der Waals surface area contributed by atoms with Gasteiger partial charge in [0.2, 0.25) is 0 Å². The quantitative estimate of drug-likeness (QED) is 0.350. The van der Waals surface area contributed by atoms with E-state index in [2.05, 4.69) is 58.3 Å². The highest BCUT2D eigenvalue weighted by atomic mass is 79.9. The number of halogens is 3. The van der Waals surface area contributed by atoms with E-state index in [1.807, 2.05) is 18.2 Å². The highest BCUT2D eigenvalue weighted by Crippen LogP contribution is 2.41. The number of allylic oxidation sites excluding steroid dienone is 1. The molecule has 33 heavy (non-hydrogen) atoms. The van der Waals surface area contributed by atoms with Crippen LogP contribution in [0.1, 0.15) is 18.4 Å². The number of aliphatic hydroxyl groups is 1. The number of ether oxygens (including phenoxy) is 3. The summed E-state index contributed by atoms with van der Waals surface area (Å²) in [5.41, 5.74) is 6.54. The number of methoxy groups -OCH3 is 1. The topological polar surface area (TPSA) is 125 Å². The van der Waals surface area contributed by atoms with Gasteiger partial charge < -0.3 is 35.2 Å². The molecule has 0 bridgehead atoms. The second-order valence-corrected chi connectivity index (χ2v) is 9.91. The molecular weight excluding hydrogens is 630 g/mol. The van der Waals surface area contributed by atoms with Crippen molar-refractivity contribution in [1.82, 2.24) is 5.32 Å². The Morgan fingerprint density at radius 3 is 2.88 bits per heavy atom. The molecule has 1 amide bonds. The van der Waals surface area contributed by atoms with Crippen molar-refractivity contribution in [2.24, 2.45) is 10.9 Å². The third-order valence-corrected chi connectivity index (χ3v) is 6.74. The van der Waals surface area contributed by atoms with Crippen LogP contribution in [0.4, 0.5) is 0 Å². The van der Waals surface area contributed by atoms with E-state index in [1.165, 1.54) is 13.4 Å². The molecule has 2 aliphatic rings. The number of hydrogen-bond donors (Lipinski definition) is 3. The van der Waals surface area contributed by atoms with Gasteiger partial charge in [-0.2, -0.15) is 0 Å². The van der Waals surface area contributed by atoms with Gasteiger partial charge in [0.15, 0.2) is 11.8 Å². The summed E-state index contributed by atoms with van der Waals surface area (Å²) in [6, 6.07) is 5.83. The Hall–Kier alpha value is -1.60. The van der Waals surface area contributed by atoms with Gasteiger partial charge in [0.05, 0.1) is 29.1 Å². The number of aliphatic hydroxyl groups excluding tert-OH is 1. The van der Waals surface area contributed by atoms with Crippen LogP contribution in [0.2, 0.25) is 0 Å². The molecule has 0 saturated carbocycles. The molecule has 2 atom stereocenters. The Kier molecular flexibility index (Phi) is 9.22. The zero-order valence-electron chi connectivity index (χ0n) is 17.8. The highest BCUT2D eigenvalue weighted by molar-refractivity contribution is 9.12. The summed E-state index contributed by atoms with van der Waals surface area (Å²) in [6.45, 7) is 1.30. The average Bonchev–Trinajstić information content (AvgIpc) is 3.03. The van der Waals surface area contributed by atoms with Gasteiger partial charge in [-0.3, -0.25) is 4.79 Å². The van der Waals surface area contributed by atoms with Crippen LogP contribution in [-0.4, -0.2) is 55.4 Å². The zero-order valence-corrected chi connectivity index (χ0v) is 22.5. The van der Waals surface area contributed by atoms with Crippen molar-refractivity contribution in [2.45, 2.75) is 31.2 Å². The minimum Gasteiger partial charge on any atom is -0.495 e. The fourth-order valence-electron chi connectivity index (χ4n) is 3.23. The van der Waals surface area contributed by atoms with Crippen molar-refractivity contribution >= 4 is 59.4 Å². The summed E-state index contributed by atoms with van der Waals surface area (Å²) in [7, 11) is 1.50. The molecule has 0 unspecified atom stereocenters. The van der Waals surface area contributed by atoms with E-state index in [0.29, 0.717) is 46.6 Å². The SMILES string of the molecule is COC1=C(Br)C[C@]2(OC=C1Br)ON=C(C(=O)NCCCOc1ccc(CCN)cc1Br)[C@@H]2O. The lowest BCUT2D eigenvalue weighted by Crippen LogP contribution is -2.49. The molecule has 1 spiro atoms. The molecule has 2 aliphatic heterocycles. The lowest BCUT2D eigenvalue weighted by molar-refractivity contribution is -0.225. The first-order valence-electron chi connectivity index (χ1n) is 10.1. The monoisotopic (exact) mass is 651 g/mol. The van der Waals surface area contributed by atoms with E-state index in [-0.39, 0.29) is 12.1 Å². The molecule has 0 fully saturated rings. The standard InChI is InChI=1S/C21H24Br3N3O6/c1-30-18-14(23)10-21(32-11-15(18)24)19(28)17(27-33-21)20(29)26-7-2-8-31-16-4-3-12(5-6-25)9-13(16)22/h3-4,9,11,19,28H,2,5-8,10,25H2,1H3,(H,26,29)/t19-,21-/m0/s1. The molecule has 9 nitrogen and oxygen atoms in total. The van der Waals surface area contributed by atoms with E-state index in [0.717, 1.165) is 16.5 Å². The van der Waals surface area contributed by atoms with E-state index in [1.54, 1.807) is 0 Å². The highest BCUT2D eigenvalue weighted by Gasteiger charge is 2.54. The maximum atomic E-state index is 12.6. The minimum absolute atomic E-state index is 0.0794. The van der Waals surface area contributed by atoms with E-state index >= 15 is 0 Å². The number of carbonyl (C=O) groups is 1. The minimum atomic E-state index is -1.57. The predicted molar refractivity (Wildman–Crippen MR) is 133 cm³/mol. The van der Waals surface area contributed by atoms with Crippen molar-refractivity contribution in [2.75, 3.05) is 26.8 Å². The van der Waals surface area contributed by atoms with Crippen LogP contribution in [0.25, 0.3) is 0 Å². The van der Waals surface area contributed by atoms with Crippen LogP contribution in [0.3, 0.4) is 0 Å². The molecule has 4 N–H and O–H groups in total. The maximum absolute atomic E-state index is 12.6. The van der Waals surface area contributed by atoms with Crippen molar-refractivity contribution < 1.29 is 28.9 Å². The molecule has 3 rings (SSSR count). The number of rotatable bonds is 9. The average molecular weight is 654 g/mol. The second kappa shape index (κ2) is 11.7. The smallest absolute Gasteiger partial charge is 0.311 e. The van der Waals surface area contributed by atoms with Gasteiger partial charge in [-0.15, -0.1) is 0 Å². The number of oxime groups is 1. The van der Waals surface area contributed by atoms with E-state index < -0.39 is 17.8 Å². The van der Waals surface area contributed by atoms with Crippen LogP contribution in [0.5, 0.6) is 5.75 Å².